The summed E-state index contributed by atoms with van der Waals surface area (Å²) in [5, 5.41) is 9.95. The van der Waals surface area contributed by atoms with Crippen molar-refractivity contribution in [1.29, 1.82) is 0 Å². The molecule has 156 valence electrons. The number of hydrogen-bond donors (Lipinski definition) is 1. The Morgan fingerprint density at radius 2 is 1.90 bits per heavy atom. The summed E-state index contributed by atoms with van der Waals surface area (Å²) in [7, 11) is 0. The van der Waals surface area contributed by atoms with Crippen LogP contribution >= 0.6 is 0 Å². The molecular formula is C22H23F3O4. The molecule has 2 atom stereocenters. The van der Waals surface area contributed by atoms with E-state index in [9.17, 15) is 23.1 Å². The Bertz CT molecular complexity index is 905. The van der Waals surface area contributed by atoms with Crippen molar-refractivity contribution in [2.75, 3.05) is 13.2 Å². The van der Waals surface area contributed by atoms with E-state index >= 15 is 0 Å². The molecular weight excluding hydrogens is 385 g/mol. The smallest absolute Gasteiger partial charge is 0.207 e. The Kier molecular flexibility index (Phi) is 6.47. The molecule has 0 saturated carbocycles. The summed E-state index contributed by atoms with van der Waals surface area (Å²) in [5.74, 6) is -4.67. The van der Waals surface area contributed by atoms with E-state index in [-0.39, 0.29) is 29.0 Å². The van der Waals surface area contributed by atoms with Gasteiger partial charge in [0.1, 0.15) is 0 Å². The molecule has 2 aromatic carbocycles. The van der Waals surface area contributed by atoms with Gasteiger partial charge in [-0.1, -0.05) is 19.1 Å². The minimum Gasteiger partial charge on any atom is -0.504 e. The molecule has 1 saturated heterocycles. The van der Waals surface area contributed by atoms with Crippen LogP contribution < -0.4 is 4.74 Å². The lowest BCUT2D eigenvalue weighted by Gasteiger charge is -2.27. The van der Waals surface area contributed by atoms with Gasteiger partial charge in [-0.05, 0) is 43.4 Å². The first kappa shape index (κ1) is 21.2. The van der Waals surface area contributed by atoms with Gasteiger partial charge >= 0.3 is 0 Å². The number of phenols is 1. The van der Waals surface area contributed by atoms with Crippen molar-refractivity contribution in [1.82, 2.24) is 0 Å². The van der Waals surface area contributed by atoms with Crippen LogP contribution in [-0.4, -0.2) is 24.1 Å². The van der Waals surface area contributed by atoms with Gasteiger partial charge in [0.05, 0.1) is 18.3 Å². The zero-order valence-corrected chi connectivity index (χ0v) is 16.3. The first-order chi connectivity index (χ1) is 13.8. The Balaban J connectivity index is 1.81. The second-order valence-corrected chi connectivity index (χ2v) is 7.25. The number of ether oxygens (including phenoxy) is 2. The highest BCUT2D eigenvalue weighted by Crippen LogP contribution is 2.34. The number of benzene rings is 2. The van der Waals surface area contributed by atoms with Crippen molar-refractivity contribution < 1.29 is 32.5 Å². The minimum atomic E-state index is -1.14. The molecule has 2 unspecified atom stereocenters. The molecule has 0 aromatic heterocycles. The van der Waals surface area contributed by atoms with E-state index < -0.39 is 41.5 Å². The molecule has 2 aromatic rings. The maximum atomic E-state index is 14.6. The molecule has 0 spiro atoms. The van der Waals surface area contributed by atoms with E-state index in [4.69, 9.17) is 9.47 Å². The van der Waals surface area contributed by atoms with E-state index in [1.165, 1.54) is 24.3 Å². The van der Waals surface area contributed by atoms with Gasteiger partial charge in [-0.15, -0.1) is 0 Å². The molecule has 1 fully saturated rings. The number of hydrogen-bond acceptors (Lipinski definition) is 4. The van der Waals surface area contributed by atoms with Crippen molar-refractivity contribution in [3.8, 4) is 11.5 Å². The number of carbonyl (C=O) groups excluding carboxylic acids is 1. The van der Waals surface area contributed by atoms with Crippen molar-refractivity contribution >= 4 is 5.78 Å². The highest BCUT2D eigenvalue weighted by atomic mass is 19.2. The fourth-order valence-electron chi connectivity index (χ4n) is 3.42. The van der Waals surface area contributed by atoms with Crippen molar-refractivity contribution in [2.45, 2.75) is 39.2 Å². The normalized spacial score (nSPS) is 19.2. The molecule has 3 rings (SSSR count). The lowest BCUT2D eigenvalue weighted by atomic mass is 9.93. The molecule has 1 aliphatic rings. The highest BCUT2D eigenvalue weighted by Gasteiger charge is 2.26. The van der Waals surface area contributed by atoms with Gasteiger partial charge in [0, 0.05) is 18.6 Å². The Morgan fingerprint density at radius 3 is 2.55 bits per heavy atom. The van der Waals surface area contributed by atoms with Crippen LogP contribution in [0.4, 0.5) is 13.2 Å². The predicted octanol–water partition coefficient (Wildman–Crippen LogP) is 5.12. The number of phenolic OH excluding ortho intramolecular Hbond substituents is 1. The fraction of sp³-hybridized carbons (Fsp3) is 0.409. The SMILES string of the molecule is CCOc1ccc(C(=O)Cc2ccc(C3CCC(C)CO3)c(F)c2F)c(O)c1F. The molecule has 0 bridgehead atoms. The summed E-state index contributed by atoms with van der Waals surface area (Å²) in [6.45, 7) is 4.34. The molecule has 7 heteroatoms. The molecule has 29 heavy (non-hydrogen) atoms. The van der Waals surface area contributed by atoms with Gasteiger partial charge in [-0.2, -0.15) is 4.39 Å². The zero-order chi connectivity index (χ0) is 21.1. The van der Waals surface area contributed by atoms with Gasteiger partial charge in [-0.25, -0.2) is 8.78 Å². The first-order valence-corrected chi connectivity index (χ1v) is 9.59. The number of halogens is 3. The number of aromatic hydroxyl groups is 1. The molecule has 1 N–H and O–H groups in total. The third-order valence-electron chi connectivity index (χ3n) is 5.07. The third-order valence-corrected chi connectivity index (χ3v) is 5.07. The second-order valence-electron chi connectivity index (χ2n) is 7.25. The van der Waals surface area contributed by atoms with E-state index in [2.05, 4.69) is 0 Å². The predicted molar refractivity (Wildman–Crippen MR) is 101 cm³/mol. The van der Waals surface area contributed by atoms with Gasteiger partial charge in [0.2, 0.25) is 5.82 Å². The van der Waals surface area contributed by atoms with E-state index in [1.54, 1.807) is 6.92 Å². The standard InChI is InChI=1S/C22H23F3O4/c1-3-28-18-9-7-14(22(27)21(18)25)16(26)10-13-5-6-15(20(24)19(13)23)17-8-4-12(2)11-29-17/h5-7,9,12,17,27H,3-4,8,10-11H2,1-2H3. The fourth-order valence-corrected chi connectivity index (χ4v) is 3.42. The molecule has 0 radical (unpaired) electrons. The summed E-state index contributed by atoms with van der Waals surface area (Å²) in [4.78, 5) is 12.5. The summed E-state index contributed by atoms with van der Waals surface area (Å²) in [5.41, 5.74) is -0.367. The van der Waals surface area contributed by atoms with Crippen LogP contribution in [0.2, 0.25) is 0 Å². The zero-order valence-electron chi connectivity index (χ0n) is 16.3. The van der Waals surface area contributed by atoms with Crippen molar-refractivity contribution in [2.24, 2.45) is 5.92 Å². The van der Waals surface area contributed by atoms with E-state index in [0.29, 0.717) is 18.9 Å². The average Bonchev–Trinajstić information content (AvgIpc) is 2.70. The number of carbonyl (C=O) groups is 1. The third kappa shape index (κ3) is 4.40. The summed E-state index contributed by atoms with van der Waals surface area (Å²) in [6.07, 6.45) is 0.408. The van der Waals surface area contributed by atoms with Gasteiger partial charge in [0.15, 0.2) is 28.9 Å². The van der Waals surface area contributed by atoms with Crippen LogP contribution in [-0.2, 0) is 11.2 Å². The molecule has 0 aliphatic carbocycles. The molecule has 4 nitrogen and oxygen atoms in total. The topological polar surface area (TPSA) is 55.8 Å². The Morgan fingerprint density at radius 1 is 1.14 bits per heavy atom. The van der Waals surface area contributed by atoms with Gasteiger partial charge < -0.3 is 14.6 Å². The van der Waals surface area contributed by atoms with Crippen molar-refractivity contribution in [3.63, 3.8) is 0 Å². The molecule has 1 heterocycles. The lowest BCUT2D eigenvalue weighted by molar-refractivity contribution is -0.0144. The van der Waals surface area contributed by atoms with E-state index in [1.807, 2.05) is 6.92 Å². The van der Waals surface area contributed by atoms with Crippen LogP contribution in [0.5, 0.6) is 11.5 Å². The quantitative estimate of drug-likeness (QED) is 0.674. The number of Topliss-reactive ketones (excluding diaryl/α,β-unsaturated/α-hetero) is 1. The highest BCUT2D eigenvalue weighted by molar-refractivity contribution is 6.00. The van der Waals surface area contributed by atoms with Crippen molar-refractivity contribution in [3.05, 3.63) is 58.4 Å². The number of rotatable bonds is 6. The van der Waals surface area contributed by atoms with Crippen LogP contribution in [0.15, 0.2) is 24.3 Å². The van der Waals surface area contributed by atoms with Crippen LogP contribution in [0, 0.1) is 23.4 Å². The van der Waals surface area contributed by atoms with Crippen LogP contribution in [0.1, 0.15) is 54.3 Å². The summed E-state index contributed by atoms with van der Waals surface area (Å²) < 4.78 is 53.9. The van der Waals surface area contributed by atoms with Crippen LogP contribution in [0.3, 0.4) is 0 Å². The molecule has 1 aliphatic heterocycles. The lowest BCUT2D eigenvalue weighted by Crippen LogP contribution is -2.20. The summed E-state index contributed by atoms with van der Waals surface area (Å²) >= 11 is 0. The van der Waals surface area contributed by atoms with Gasteiger partial charge in [0.25, 0.3) is 0 Å². The first-order valence-electron chi connectivity index (χ1n) is 9.59. The maximum Gasteiger partial charge on any atom is 0.207 e. The van der Waals surface area contributed by atoms with E-state index in [0.717, 1.165) is 6.42 Å². The van der Waals surface area contributed by atoms with Crippen LogP contribution in [0.25, 0.3) is 0 Å². The Hall–Kier alpha value is -2.54. The van der Waals surface area contributed by atoms with Gasteiger partial charge in [-0.3, -0.25) is 4.79 Å². The largest absolute Gasteiger partial charge is 0.504 e. The molecule has 0 amide bonds. The number of ketones is 1. The second kappa shape index (κ2) is 8.86. The average molecular weight is 408 g/mol. The maximum absolute atomic E-state index is 14.6. The monoisotopic (exact) mass is 408 g/mol. The minimum absolute atomic E-state index is 0.126. The summed E-state index contributed by atoms with van der Waals surface area (Å²) in [6, 6.07) is 5.16. The Labute approximate surface area is 167 Å².